The molecule has 2 amide bonds. The molecule has 3 aromatic rings. The van der Waals surface area contributed by atoms with Crippen molar-refractivity contribution in [2.75, 3.05) is 4.90 Å². The number of hydrogen-bond donors (Lipinski definition) is 1. The van der Waals surface area contributed by atoms with Gasteiger partial charge in [-0.25, -0.2) is 0 Å². The maximum absolute atomic E-state index is 13.5. The van der Waals surface area contributed by atoms with E-state index in [2.05, 4.69) is 21.2 Å². The van der Waals surface area contributed by atoms with Crippen molar-refractivity contribution >= 4 is 44.8 Å². The predicted octanol–water partition coefficient (Wildman–Crippen LogP) is 5.55. The number of furan rings is 1. The quantitative estimate of drug-likeness (QED) is 0.511. The SMILES string of the molecule is O=C(NC1CCCC1)[C@@H](c1cccs1)N(C(=O)c1ccco1)c1ccccc1Br. The van der Waals surface area contributed by atoms with Crippen LogP contribution >= 0.6 is 27.3 Å². The zero-order valence-electron chi connectivity index (χ0n) is 15.7. The molecule has 2 heterocycles. The van der Waals surface area contributed by atoms with Gasteiger partial charge in [0, 0.05) is 15.4 Å². The maximum atomic E-state index is 13.5. The highest BCUT2D eigenvalue weighted by atomic mass is 79.9. The Bertz CT molecular complexity index is 966. The highest BCUT2D eigenvalue weighted by Gasteiger charge is 2.37. The molecule has 0 radical (unpaired) electrons. The largest absolute Gasteiger partial charge is 0.459 e. The number of anilines is 1. The second kappa shape index (κ2) is 8.97. The van der Waals surface area contributed by atoms with E-state index in [-0.39, 0.29) is 23.6 Å². The van der Waals surface area contributed by atoms with Crippen LogP contribution in [0, 0.1) is 0 Å². The zero-order chi connectivity index (χ0) is 20.2. The first-order valence-corrected chi connectivity index (χ1v) is 11.3. The first-order valence-electron chi connectivity index (χ1n) is 9.60. The second-order valence-corrected chi connectivity index (χ2v) is 8.85. The van der Waals surface area contributed by atoms with Crippen LogP contribution in [0.25, 0.3) is 0 Å². The van der Waals surface area contributed by atoms with Crippen LogP contribution in [0.3, 0.4) is 0 Å². The Morgan fingerprint density at radius 1 is 1.10 bits per heavy atom. The van der Waals surface area contributed by atoms with Crippen molar-refractivity contribution in [3.8, 4) is 0 Å². The lowest BCUT2D eigenvalue weighted by Gasteiger charge is -2.31. The second-order valence-electron chi connectivity index (χ2n) is 7.01. The number of amides is 2. The minimum absolute atomic E-state index is 0.157. The molecule has 0 unspecified atom stereocenters. The van der Waals surface area contributed by atoms with Gasteiger partial charge in [0.15, 0.2) is 11.8 Å². The summed E-state index contributed by atoms with van der Waals surface area (Å²) in [5.74, 6) is -0.340. The Balaban J connectivity index is 1.78. The normalized spacial score (nSPS) is 15.2. The van der Waals surface area contributed by atoms with Crippen LogP contribution in [0.15, 0.2) is 69.1 Å². The molecule has 1 N–H and O–H groups in total. The van der Waals surface area contributed by atoms with Gasteiger partial charge in [0.1, 0.15) is 0 Å². The van der Waals surface area contributed by atoms with Crippen molar-refractivity contribution in [2.24, 2.45) is 0 Å². The van der Waals surface area contributed by atoms with Gasteiger partial charge in [0.25, 0.3) is 5.91 Å². The number of thiophene rings is 1. The molecule has 1 aliphatic rings. The van der Waals surface area contributed by atoms with Crippen molar-refractivity contribution in [3.05, 3.63) is 75.3 Å². The van der Waals surface area contributed by atoms with E-state index >= 15 is 0 Å². The van der Waals surface area contributed by atoms with Gasteiger partial charge in [-0.3, -0.25) is 14.5 Å². The molecule has 0 saturated heterocycles. The zero-order valence-corrected chi connectivity index (χ0v) is 18.1. The van der Waals surface area contributed by atoms with Crippen molar-refractivity contribution in [1.29, 1.82) is 0 Å². The van der Waals surface area contributed by atoms with Crippen LogP contribution in [0.4, 0.5) is 5.69 Å². The Labute approximate surface area is 181 Å². The lowest BCUT2D eigenvalue weighted by molar-refractivity contribution is -0.123. The van der Waals surface area contributed by atoms with E-state index in [4.69, 9.17) is 4.42 Å². The summed E-state index contributed by atoms with van der Waals surface area (Å²) in [6, 6.07) is 13.9. The molecule has 7 heteroatoms. The summed E-state index contributed by atoms with van der Waals surface area (Å²) in [7, 11) is 0. The van der Waals surface area contributed by atoms with Gasteiger partial charge in [-0.15, -0.1) is 11.3 Å². The van der Waals surface area contributed by atoms with E-state index in [0.717, 1.165) is 35.0 Å². The average Bonchev–Trinajstić information content (AvgIpc) is 3.49. The van der Waals surface area contributed by atoms with Gasteiger partial charge in [0.05, 0.1) is 12.0 Å². The highest BCUT2D eigenvalue weighted by Crippen LogP contribution is 2.36. The van der Waals surface area contributed by atoms with Crippen LogP contribution in [0.2, 0.25) is 0 Å². The van der Waals surface area contributed by atoms with Crippen molar-refractivity contribution in [3.63, 3.8) is 0 Å². The predicted molar refractivity (Wildman–Crippen MR) is 117 cm³/mol. The number of carbonyl (C=O) groups is 2. The van der Waals surface area contributed by atoms with Crippen LogP contribution in [0.5, 0.6) is 0 Å². The molecule has 5 nitrogen and oxygen atoms in total. The maximum Gasteiger partial charge on any atom is 0.295 e. The summed E-state index contributed by atoms with van der Waals surface area (Å²) >= 11 is 5.00. The molecule has 0 aliphatic heterocycles. The monoisotopic (exact) mass is 472 g/mol. The van der Waals surface area contributed by atoms with E-state index in [1.807, 2.05) is 41.8 Å². The van der Waals surface area contributed by atoms with Gasteiger partial charge in [0.2, 0.25) is 5.91 Å². The Morgan fingerprint density at radius 3 is 2.55 bits per heavy atom. The van der Waals surface area contributed by atoms with E-state index in [1.165, 1.54) is 22.5 Å². The molecular formula is C22H21BrN2O3S. The van der Waals surface area contributed by atoms with E-state index in [1.54, 1.807) is 12.1 Å². The van der Waals surface area contributed by atoms with Crippen molar-refractivity contribution in [1.82, 2.24) is 5.32 Å². The molecule has 29 heavy (non-hydrogen) atoms. The number of rotatable bonds is 6. The molecule has 4 rings (SSSR count). The third-order valence-corrected chi connectivity index (χ3v) is 6.68. The van der Waals surface area contributed by atoms with Gasteiger partial charge in [-0.1, -0.05) is 31.0 Å². The van der Waals surface area contributed by atoms with Crippen molar-refractivity contribution in [2.45, 2.75) is 37.8 Å². The molecule has 1 atom stereocenters. The molecule has 1 aromatic carbocycles. The van der Waals surface area contributed by atoms with Crippen LogP contribution in [0.1, 0.15) is 47.2 Å². The molecule has 1 fully saturated rings. The standard InChI is InChI=1S/C22H21BrN2O3S/c23-16-9-3-4-10-17(16)25(22(27)18-11-5-13-28-18)20(19-12-6-14-29-19)21(26)24-15-7-1-2-8-15/h3-6,9-15,20H,1-2,7-8H2,(H,24,26)/t20-/m1/s1. The minimum Gasteiger partial charge on any atom is -0.459 e. The van der Waals surface area contributed by atoms with E-state index in [0.29, 0.717) is 5.69 Å². The molecule has 0 bridgehead atoms. The molecule has 1 aliphatic carbocycles. The number of para-hydroxylation sites is 1. The minimum atomic E-state index is -0.785. The fourth-order valence-corrected chi connectivity index (χ4v) is 4.99. The van der Waals surface area contributed by atoms with Crippen molar-refractivity contribution < 1.29 is 14.0 Å². The Kier molecular flexibility index (Phi) is 6.16. The topological polar surface area (TPSA) is 62.6 Å². The van der Waals surface area contributed by atoms with Gasteiger partial charge < -0.3 is 9.73 Å². The van der Waals surface area contributed by atoms with Crippen LogP contribution in [-0.4, -0.2) is 17.9 Å². The number of halogens is 1. The number of benzene rings is 1. The Hall–Kier alpha value is -2.38. The Morgan fingerprint density at radius 2 is 1.90 bits per heavy atom. The van der Waals surface area contributed by atoms with E-state index < -0.39 is 6.04 Å². The molecule has 1 saturated carbocycles. The summed E-state index contributed by atoms with van der Waals surface area (Å²) < 4.78 is 6.12. The highest BCUT2D eigenvalue weighted by molar-refractivity contribution is 9.10. The smallest absolute Gasteiger partial charge is 0.295 e. The molecule has 2 aromatic heterocycles. The fraction of sp³-hybridized carbons (Fsp3) is 0.273. The fourth-order valence-electron chi connectivity index (χ4n) is 3.70. The van der Waals surface area contributed by atoms with Crippen LogP contribution in [-0.2, 0) is 4.79 Å². The lowest BCUT2D eigenvalue weighted by atomic mass is 10.1. The third kappa shape index (κ3) is 4.31. The summed E-state index contributed by atoms with van der Waals surface area (Å²) in [5.41, 5.74) is 0.619. The molecule has 0 spiro atoms. The summed E-state index contributed by atoms with van der Waals surface area (Å²) in [6.45, 7) is 0. The number of carbonyl (C=O) groups excluding carboxylic acids is 2. The first kappa shape index (κ1) is 19.9. The van der Waals surface area contributed by atoms with Gasteiger partial charge >= 0.3 is 0 Å². The summed E-state index contributed by atoms with van der Waals surface area (Å²) in [4.78, 5) is 29.3. The van der Waals surface area contributed by atoms with E-state index in [9.17, 15) is 9.59 Å². The van der Waals surface area contributed by atoms with Gasteiger partial charge in [-0.2, -0.15) is 0 Å². The number of nitrogens with zero attached hydrogens (tertiary/aromatic N) is 1. The lowest BCUT2D eigenvalue weighted by Crippen LogP contribution is -2.46. The van der Waals surface area contributed by atoms with Gasteiger partial charge in [-0.05, 0) is 64.5 Å². The molecular weight excluding hydrogens is 452 g/mol. The summed E-state index contributed by atoms with van der Waals surface area (Å²) in [5, 5.41) is 5.08. The summed E-state index contributed by atoms with van der Waals surface area (Å²) in [6.07, 6.45) is 5.65. The first-order chi connectivity index (χ1) is 14.1. The third-order valence-electron chi connectivity index (χ3n) is 5.08. The number of nitrogens with one attached hydrogen (secondary N) is 1. The molecule has 150 valence electrons. The average molecular weight is 473 g/mol. The van der Waals surface area contributed by atoms with Crippen LogP contribution < -0.4 is 10.2 Å². The number of hydrogen-bond acceptors (Lipinski definition) is 4.